The average Bonchev–Trinajstić information content (AvgIpc) is 2.62. The van der Waals surface area contributed by atoms with Crippen molar-refractivity contribution >= 4 is 5.91 Å². The Morgan fingerprint density at radius 2 is 2.42 bits per heavy atom. The molecule has 0 unspecified atom stereocenters. The lowest BCUT2D eigenvalue weighted by molar-refractivity contribution is 0.0957. The Bertz CT molecular complexity index is 317. The smallest absolute Gasteiger partial charge is 0.271 e. The number of aromatic nitrogens is 2. The summed E-state index contributed by atoms with van der Waals surface area (Å²) in [6.45, 7) is 1.51. The van der Waals surface area contributed by atoms with Crippen molar-refractivity contribution in [2.24, 2.45) is 0 Å². The first kappa shape index (κ1) is 7.30. The predicted octanol–water partition coefficient (Wildman–Crippen LogP) is -0.627. The molecular formula is C7H10N4O. The molecule has 0 saturated carbocycles. The highest BCUT2D eigenvalue weighted by atomic mass is 16.1. The van der Waals surface area contributed by atoms with E-state index in [9.17, 15) is 4.79 Å². The van der Waals surface area contributed by atoms with E-state index in [4.69, 9.17) is 0 Å². The summed E-state index contributed by atoms with van der Waals surface area (Å²) in [5, 5.41) is 12.4. The van der Waals surface area contributed by atoms with Crippen molar-refractivity contribution in [1.29, 1.82) is 0 Å². The Kier molecular flexibility index (Phi) is 1.58. The summed E-state index contributed by atoms with van der Waals surface area (Å²) in [5.74, 6) is -0.129. The molecule has 0 saturated heterocycles. The van der Waals surface area contributed by atoms with Crippen molar-refractivity contribution < 1.29 is 4.79 Å². The highest BCUT2D eigenvalue weighted by Gasteiger charge is 2.21. The summed E-state index contributed by atoms with van der Waals surface area (Å²) in [4.78, 5) is 11.2. The first-order chi connectivity index (χ1) is 5.83. The molecule has 1 aromatic rings. The molecule has 1 aromatic heterocycles. The Morgan fingerprint density at radius 1 is 1.58 bits per heavy atom. The monoisotopic (exact) mass is 166 g/mol. The molecule has 2 rings (SSSR count). The summed E-state index contributed by atoms with van der Waals surface area (Å²) < 4.78 is 0. The first-order valence-electron chi connectivity index (χ1n) is 3.82. The molecule has 0 fully saturated rings. The number of nitrogens with zero attached hydrogens (tertiary/aromatic N) is 1. The molecule has 12 heavy (non-hydrogen) atoms. The van der Waals surface area contributed by atoms with Crippen LogP contribution in [-0.4, -0.2) is 23.2 Å². The molecule has 5 heteroatoms. The van der Waals surface area contributed by atoms with E-state index in [0.29, 0.717) is 5.69 Å². The maximum absolute atomic E-state index is 11.2. The van der Waals surface area contributed by atoms with Crippen LogP contribution < -0.4 is 10.6 Å². The molecule has 64 valence electrons. The van der Waals surface area contributed by atoms with Gasteiger partial charge in [0, 0.05) is 25.7 Å². The predicted molar refractivity (Wildman–Crippen MR) is 42.5 cm³/mol. The fraction of sp³-hybridized carbons (Fsp3) is 0.429. The van der Waals surface area contributed by atoms with Crippen LogP contribution in [-0.2, 0) is 13.1 Å². The molecule has 0 bridgehead atoms. The zero-order chi connectivity index (χ0) is 8.55. The minimum atomic E-state index is -0.129. The Labute approximate surface area is 69.5 Å². The van der Waals surface area contributed by atoms with Gasteiger partial charge >= 0.3 is 0 Å². The highest BCUT2D eigenvalue weighted by Crippen LogP contribution is 2.15. The van der Waals surface area contributed by atoms with Gasteiger partial charge in [0.1, 0.15) is 0 Å². The van der Waals surface area contributed by atoms with Gasteiger partial charge in [-0.25, -0.2) is 0 Å². The molecule has 0 aromatic carbocycles. The summed E-state index contributed by atoms with van der Waals surface area (Å²) in [5.41, 5.74) is 2.53. The number of carbonyl (C=O) groups excluding carboxylic acids is 1. The van der Waals surface area contributed by atoms with Gasteiger partial charge in [-0.1, -0.05) is 0 Å². The van der Waals surface area contributed by atoms with Crippen molar-refractivity contribution in [3.63, 3.8) is 0 Å². The van der Waals surface area contributed by atoms with Gasteiger partial charge in [-0.3, -0.25) is 9.89 Å². The van der Waals surface area contributed by atoms with Gasteiger partial charge in [-0.15, -0.1) is 0 Å². The van der Waals surface area contributed by atoms with Crippen LogP contribution in [0.15, 0.2) is 0 Å². The third kappa shape index (κ3) is 0.902. The fourth-order valence-electron chi connectivity index (χ4n) is 1.36. The third-order valence-electron chi connectivity index (χ3n) is 2.00. The number of nitrogens with one attached hydrogen (secondary N) is 3. The Hall–Kier alpha value is -1.36. The van der Waals surface area contributed by atoms with Crippen LogP contribution in [0.25, 0.3) is 0 Å². The molecule has 1 aliphatic rings. The minimum absolute atomic E-state index is 0.129. The molecule has 0 aliphatic carbocycles. The lowest BCUT2D eigenvalue weighted by Crippen LogP contribution is -2.20. The Balaban J connectivity index is 2.39. The van der Waals surface area contributed by atoms with E-state index in [2.05, 4.69) is 20.8 Å². The van der Waals surface area contributed by atoms with E-state index in [0.717, 1.165) is 24.3 Å². The third-order valence-corrected chi connectivity index (χ3v) is 2.00. The van der Waals surface area contributed by atoms with Gasteiger partial charge in [-0.05, 0) is 0 Å². The van der Waals surface area contributed by atoms with Crippen LogP contribution in [0.1, 0.15) is 21.7 Å². The van der Waals surface area contributed by atoms with E-state index in [1.807, 2.05) is 0 Å². The zero-order valence-electron chi connectivity index (χ0n) is 6.77. The fourth-order valence-corrected chi connectivity index (χ4v) is 1.36. The van der Waals surface area contributed by atoms with E-state index in [-0.39, 0.29) is 5.91 Å². The molecule has 2 heterocycles. The van der Waals surface area contributed by atoms with Crippen molar-refractivity contribution in [1.82, 2.24) is 20.8 Å². The summed E-state index contributed by atoms with van der Waals surface area (Å²) in [7, 11) is 1.60. The number of fused-ring (bicyclic) bond motifs is 1. The second-order valence-electron chi connectivity index (χ2n) is 2.71. The number of hydrogen-bond acceptors (Lipinski definition) is 3. The quantitative estimate of drug-likeness (QED) is 0.520. The van der Waals surface area contributed by atoms with Crippen molar-refractivity contribution in [3.05, 3.63) is 17.0 Å². The van der Waals surface area contributed by atoms with Gasteiger partial charge < -0.3 is 10.6 Å². The van der Waals surface area contributed by atoms with Gasteiger partial charge in [0.2, 0.25) is 0 Å². The number of hydrogen-bond donors (Lipinski definition) is 3. The number of amides is 1. The minimum Gasteiger partial charge on any atom is -0.354 e. The molecule has 0 spiro atoms. The Morgan fingerprint density at radius 3 is 3.17 bits per heavy atom. The number of carbonyl (C=O) groups is 1. The SMILES string of the molecule is CNC(=O)c1n[nH]c2c1CNC2. The van der Waals surface area contributed by atoms with E-state index >= 15 is 0 Å². The maximum atomic E-state index is 11.2. The largest absolute Gasteiger partial charge is 0.354 e. The van der Waals surface area contributed by atoms with Gasteiger partial charge in [0.05, 0.1) is 5.69 Å². The lowest BCUT2D eigenvalue weighted by atomic mass is 10.2. The first-order valence-corrected chi connectivity index (χ1v) is 3.82. The second-order valence-corrected chi connectivity index (χ2v) is 2.71. The summed E-state index contributed by atoms with van der Waals surface area (Å²) in [6.07, 6.45) is 0. The summed E-state index contributed by atoms with van der Waals surface area (Å²) >= 11 is 0. The van der Waals surface area contributed by atoms with E-state index in [1.165, 1.54) is 0 Å². The van der Waals surface area contributed by atoms with Crippen LogP contribution in [0.2, 0.25) is 0 Å². The number of H-pyrrole nitrogens is 1. The average molecular weight is 166 g/mol. The standard InChI is InChI=1S/C7H10N4O/c1-8-7(12)6-4-2-9-3-5(4)10-11-6/h9H,2-3H2,1H3,(H,8,12)(H,10,11). The van der Waals surface area contributed by atoms with Crippen molar-refractivity contribution in [3.8, 4) is 0 Å². The normalized spacial score (nSPS) is 14.4. The molecule has 5 nitrogen and oxygen atoms in total. The van der Waals surface area contributed by atoms with Crippen LogP contribution in [0.3, 0.4) is 0 Å². The molecule has 3 N–H and O–H groups in total. The van der Waals surface area contributed by atoms with Crippen LogP contribution >= 0.6 is 0 Å². The highest BCUT2D eigenvalue weighted by molar-refractivity contribution is 5.93. The van der Waals surface area contributed by atoms with Crippen molar-refractivity contribution in [2.45, 2.75) is 13.1 Å². The van der Waals surface area contributed by atoms with Crippen LogP contribution in [0, 0.1) is 0 Å². The molecule has 1 amide bonds. The molecule has 1 aliphatic heterocycles. The second kappa shape index (κ2) is 2.60. The van der Waals surface area contributed by atoms with Gasteiger partial charge in [0.15, 0.2) is 5.69 Å². The lowest BCUT2D eigenvalue weighted by Gasteiger charge is -1.95. The van der Waals surface area contributed by atoms with Crippen LogP contribution in [0.4, 0.5) is 0 Å². The summed E-state index contributed by atoms with van der Waals surface area (Å²) in [6, 6.07) is 0. The molecule has 0 radical (unpaired) electrons. The van der Waals surface area contributed by atoms with Gasteiger partial charge in [0.25, 0.3) is 5.91 Å². The maximum Gasteiger partial charge on any atom is 0.271 e. The molecule has 0 atom stereocenters. The van der Waals surface area contributed by atoms with Crippen molar-refractivity contribution in [2.75, 3.05) is 7.05 Å². The van der Waals surface area contributed by atoms with E-state index < -0.39 is 0 Å². The topological polar surface area (TPSA) is 69.8 Å². The molecular weight excluding hydrogens is 156 g/mol. The van der Waals surface area contributed by atoms with E-state index in [1.54, 1.807) is 7.05 Å². The number of rotatable bonds is 1. The zero-order valence-corrected chi connectivity index (χ0v) is 6.77. The van der Waals surface area contributed by atoms with Crippen LogP contribution in [0.5, 0.6) is 0 Å². The van der Waals surface area contributed by atoms with Gasteiger partial charge in [-0.2, -0.15) is 5.10 Å². The number of aromatic amines is 1.